The molecular formula is C11H13NO3. The van der Waals surface area contributed by atoms with E-state index >= 15 is 0 Å². The Kier molecular flexibility index (Phi) is 3.55. The van der Waals surface area contributed by atoms with Crippen molar-refractivity contribution in [2.24, 2.45) is 0 Å². The fraction of sp³-hybridized carbons (Fsp3) is 0.364. The van der Waals surface area contributed by atoms with Gasteiger partial charge in [-0.05, 0) is 25.8 Å². The Balaban J connectivity index is 2.95. The molecule has 1 rings (SSSR count). The van der Waals surface area contributed by atoms with E-state index in [0.717, 1.165) is 5.56 Å². The molecule has 0 heterocycles. The van der Waals surface area contributed by atoms with Crippen molar-refractivity contribution in [3.05, 3.63) is 39.4 Å². The van der Waals surface area contributed by atoms with Gasteiger partial charge < -0.3 is 4.79 Å². The second-order valence-electron chi connectivity index (χ2n) is 3.59. The van der Waals surface area contributed by atoms with Crippen LogP contribution in [0.2, 0.25) is 0 Å². The normalized spacial score (nSPS) is 10.0. The zero-order chi connectivity index (χ0) is 11.4. The van der Waals surface area contributed by atoms with Crippen LogP contribution in [0, 0.1) is 17.0 Å². The summed E-state index contributed by atoms with van der Waals surface area (Å²) in [4.78, 5) is 21.1. The quantitative estimate of drug-likeness (QED) is 0.562. The molecule has 0 bridgehead atoms. The number of nitrogens with zero attached hydrogens (tertiary/aromatic N) is 1. The number of benzene rings is 1. The minimum Gasteiger partial charge on any atom is -0.300 e. The van der Waals surface area contributed by atoms with Crippen LogP contribution in [0.15, 0.2) is 18.2 Å². The highest BCUT2D eigenvalue weighted by Gasteiger charge is 2.13. The summed E-state index contributed by atoms with van der Waals surface area (Å²) in [6.07, 6.45) is 0.788. The lowest BCUT2D eigenvalue weighted by molar-refractivity contribution is -0.385. The summed E-state index contributed by atoms with van der Waals surface area (Å²) in [6, 6.07) is 5.08. The van der Waals surface area contributed by atoms with Crippen LogP contribution < -0.4 is 0 Å². The van der Waals surface area contributed by atoms with Crippen molar-refractivity contribution in [1.29, 1.82) is 0 Å². The molecule has 0 spiro atoms. The molecule has 1 aromatic carbocycles. The number of nitro benzene ring substituents is 1. The molecule has 80 valence electrons. The Morgan fingerprint density at radius 1 is 1.47 bits per heavy atom. The number of rotatable bonds is 4. The number of nitro groups is 1. The summed E-state index contributed by atoms with van der Waals surface area (Å²) >= 11 is 0. The Hall–Kier alpha value is -1.71. The third-order valence-electron chi connectivity index (χ3n) is 2.18. The summed E-state index contributed by atoms with van der Waals surface area (Å²) in [7, 11) is 0. The summed E-state index contributed by atoms with van der Waals surface area (Å²) in [6.45, 7) is 3.29. The highest BCUT2D eigenvalue weighted by molar-refractivity contribution is 5.75. The third kappa shape index (κ3) is 3.16. The standard InChI is InChI=1S/C11H13NO3/c1-8-3-5-10(6-4-9(2)13)11(7-8)12(14)15/h3,5,7H,4,6H2,1-2H3. The maximum Gasteiger partial charge on any atom is 0.272 e. The Bertz CT molecular complexity index is 399. The second kappa shape index (κ2) is 4.68. The maximum atomic E-state index is 10.8. The van der Waals surface area contributed by atoms with E-state index in [1.54, 1.807) is 6.07 Å². The first-order valence-electron chi connectivity index (χ1n) is 4.74. The first-order valence-corrected chi connectivity index (χ1v) is 4.74. The molecule has 0 unspecified atom stereocenters. The minimum atomic E-state index is -0.400. The zero-order valence-electron chi connectivity index (χ0n) is 8.82. The molecule has 0 aliphatic heterocycles. The first-order chi connectivity index (χ1) is 7.00. The summed E-state index contributed by atoms with van der Waals surface area (Å²) in [5, 5.41) is 10.7. The van der Waals surface area contributed by atoms with Gasteiger partial charge in [0.2, 0.25) is 0 Å². The van der Waals surface area contributed by atoms with Crippen molar-refractivity contribution in [3.8, 4) is 0 Å². The molecule has 4 nitrogen and oxygen atoms in total. The molecule has 0 aliphatic rings. The topological polar surface area (TPSA) is 60.2 Å². The van der Waals surface area contributed by atoms with Gasteiger partial charge in [0.15, 0.2) is 0 Å². The van der Waals surface area contributed by atoms with Crippen molar-refractivity contribution in [1.82, 2.24) is 0 Å². The molecule has 0 aromatic heterocycles. The predicted octanol–water partition coefficient (Wildman–Crippen LogP) is 2.42. The van der Waals surface area contributed by atoms with Gasteiger partial charge in [-0.2, -0.15) is 0 Å². The zero-order valence-corrected chi connectivity index (χ0v) is 8.82. The van der Waals surface area contributed by atoms with Gasteiger partial charge in [-0.1, -0.05) is 12.1 Å². The molecule has 0 N–H and O–H groups in total. The molecular weight excluding hydrogens is 194 g/mol. The van der Waals surface area contributed by atoms with Gasteiger partial charge in [-0.15, -0.1) is 0 Å². The summed E-state index contributed by atoms with van der Waals surface area (Å²) < 4.78 is 0. The lowest BCUT2D eigenvalue weighted by Crippen LogP contribution is -1.99. The van der Waals surface area contributed by atoms with Crippen molar-refractivity contribution >= 4 is 11.5 Å². The molecule has 15 heavy (non-hydrogen) atoms. The Morgan fingerprint density at radius 3 is 2.67 bits per heavy atom. The van der Waals surface area contributed by atoms with Crippen molar-refractivity contribution in [2.45, 2.75) is 26.7 Å². The van der Waals surface area contributed by atoms with E-state index in [1.165, 1.54) is 13.0 Å². The first kappa shape index (κ1) is 11.4. The number of ketones is 1. The molecule has 0 saturated carbocycles. The number of carbonyl (C=O) groups excluding carboxylic acids is 1. The largest absolute Gasteiger partial charge is 0.300 e. The monoisotopic (exact) mass is 207 g/mol. The van der Waals surface area contributed by atoms with E-state index in [-0.39, 0.29) is 11.5 Å². The maximum absolute atomic E-state index is 10.8. The van der Waals surface area contributed by atoms with E-state index in [2.05, 4.69) is 0 Å². The molecule has 4 heteroatoms. The Morgan fingerprint density at radius 2 is 2.13 bits per heavy atom. The molecule has 0 radical (unpaired) electrons. The van der Waals surface area contributed by atoms with Gasteiger partial charge in [-0.3, -0.25) is 10.1 Å². The molecule has 0 fully saturated rings. The Labute approximate surface area is 88.1 Å². The SMILES string of the molecule is CC(=O)CCc1ccc(C)cc1[N+](=O)[O-]. The summed E-state index contributed by atoms with van der Waals surface area (Å²) in [5.74, 6) is 0.0462. The molecule has 1 aromatic rings. The highest BCUT2D eigenvalue weighted by atomic mass is 16.6. The lowest BCUT2D eigenvalue weighted by Gasteiger charge is -2.02. The van der Waals surface area contributed by atoms with E-state index in [1.807, 2.05) is 13.0 Å². The van der Waals surface area contributed by atoms with Gasteiger partial charge in [0, 0.05) is 18.1 Å². The summed E-state index contributed by atoms with van der Waals surface area (Å²) in [5.41, 5.74) is 1.59. The molecule has 0 aliphatic carbocycles. The third-order valence-corrected chi connectivity index (χ3v) is 2.18. The van der Waals surface area contributed by atoms with Crippen LogP contribution >= 0.6 is 0 Å². The smallest absolute Gasteiger partial charge is 0.272 e. The van der Waals surface area contributed by atoms with E-state index in [9.17, 15) is 14.9 Å². The van der Waals surface area contributed by atoms with Crippen LogP contribution in [-0.2, 0) is 11.2 Å². The van der Waals surface area contributed by atoms with Gasteiger partial charge in [-0.25, -0.2) is 0 Å². The van der Waals surface area contributed by atoms with E-state index < -0.39 is 4.92 Å². The number of hydrogen-bond acceptors (Lipinski definition) is 3. The number of carbonyl (C=O) groups is 1. The number of Topliss-reactive ketones (excluding diaryl/α,β-unsaturated/α-hetero) is 1. The van der Waals surface area contributed by atoms with Gasteiger partial charge in [0.1, 0.15) is 5.78 Å². The van der Waals surface area contributed by atoms with Crippen LogP contribution in [0.3, 0.4) is 0 Å². The van der Waals surface area contributed by atoms with E-state index in [0.29, 0.717) is 18.4 Å². The van der Waals surface area contributed by atoms with Crippen molar-refractivity contribution < 1.29 is 9.72 Å². The van der Waals surface area contributed by atoms with Crippen LogP contribution in [-0.4, -0.2) is 10.7 Å². The van der Waals surface area contributed by atoms with Crippen molar-refractivity contribution in [2.75, 3.05) is 0 Å². The van der Waals surface area contributed by atoms with Gasteiger partial charge >= 0.3 is 0 Å². The molecule has 0 saturated heterocycles. The van der Waals surface area contributed by atoms with Crippen LogP contribution in [0.25, 0.3) is 0 Å². The van der Waals surface area contributed by atoms with Crippen LogP contribution in [0.1, 0.15) is 24.5 Å². The van der Waals surface area contributed by atoms with Gasteiger partial charge in [0.05, 0.1) is 4.92 Å². The molecule has 0 atom stereocenters. The number of hydrogen-bond donors (Lipinski definition) is 0. The second-order valence-corrected chi connectivity index (χ2v) is 3.59. The number of aryl methyl sites for hydroxylation is 2. The van der Waals surface area contributed by atoms with Crippen molar-refractivity contribution in [3.63, 3.8) is 0 Å². The average Bonchev–Trinajstić information content (AvgIpc) is 2.15. The fourth-order valence-corrected chi connectivity index (χ4v) is 1.37. The van der Waals surface area contributed by atoms with Crippen LogP contribution in [0.5, 0.6) is 0 Å². The lowest BCUT2D eigenvalue weighted by atomic mass is 10.0. The predicted molar refractivity (Wildman–Crippen MR) is 56.8 cm³/mol. The fourth-order valence-electron chi connectivity index (χ4n) is 1.37. The minimum absolute atomic E-state index is 0.0462. The average molecular weight is 207 g/mol. The van der Waals surface area contributed by atoms with Crippen LogP contribution in [0.4, 0.5) is 5.69 Å². The molecule has 0 amide bonds. The van der Waals surface area contributed by atoms with Gasteiger partial charge in [0.25, 0.3) is 5.69 Å². The van der Waals surface area contributed by atoms with E-state index in [4.69, 9.17) is 0 Å². The highest BCUT2D eigenvalue weighted by Crippen LogP contribution is 2.21.